The minimum Gasteiger partial charge on any atom is -0.326 e. The van der Waals surface area contributed by atoms with Crippen LogP contribution in [0.3, 0.4) is 0 Å². The van der Waals surface area contributed by atoms with E-state index >= 15 is 0 Å². The van der Waals surface area contributed by atoms with Crippen LogP contribution in [0.4, 0.5) is 17.1 Å². The van der Waals surface area contributed by atoms with E-state index < -0.39 is 16.4 Å². The van der Waals surface area contributed by atoms with Crippen molar-refractivity contribution < 1.29 is 13.8 Å². The van der Waals surface area contributed by atoms with Crippen LogP contribution >= 0.6 is 0 Å². The number of rotatable bonds is 7. The summed E-state index contributed by atoms with van der Waals surface area (Å²) in [6, 6.07) is 22.6. The van der Waals surface area contributed by atoms with Crippen LogP contribution < -0.4 is 15.5 Å². The van der Waals surface area contributed by atoms with Crippen LogP contribution in [0.15, 0.2) is 77.7 Å². The fourth-order valence-corrected chi connectivity index (χ4v) is 3.58. The summed E-state index contributed by atoms with van der Waals surface area (Å²) in [5.41, 5.74) is 6.68. The van der Waals surface area contributed by atoms with Crippen molar-refractivity contribution in [2.45, 2.75) is 25.7 Å². The Morgan fingerprint density at radius 3 is 1.77 bits per heavy atom. The van der Waals surface area contributed by atoms with Crippen molar-refractivity contribution in [2.24, 2.45) is 5.41 Å². The van der Waals surface area contributed by atoms with Gasteiger partial charge >= 0.3 is 0 Å². The summed E-state index contributed by atoms with van der Waals surface area (Å²) >= 11 is 0. The molecule has 1 amide bonds. The van der Waals surface area contributed by atoms with Crippen molar-refractivity contribution in [2.75, 3.05) is 22.6 Å². The third-order valence-corrected chi connectivity index (χ3v) is 5.66. The molecule has 0 aliphatic rings. The van der Waals surface area contributed by atoms with Crippen molar-refractivity contribution in [1.82, 2.24) is 0 Å². The Balaban J connectivity index is 1.62. The molecule has 0 heterocycles. The second-order valence-corrected chi connectivity index (χ2v) is 9.27. The first-order valence-corrected chi connectivity index (χ1v) is 11.0. The Morgan fingerprint density at radius 2 is 1.26 bits per heavy atom. The number of nitrogens with one attached hydrogen (secondary N) is 3. The monoisotopic (exact) mass is 437 g/mol. The highest BCUT2D eigenvalue weighted by molar-refractivity contribution is 7.86. The van der Waals surface area contributed by atoms with Crippen molar-refractivity contribution in [3.05, 3.63) is 72.8 Å². The molecule has 1 unspecified atom stereocenters. The first-order valence-electron chi connectivity index (χ1n) is 9.86. The van der Waals surface area contributed by atoms with E-state index in [0.29, 0.717) is 16.3 Å². The number of hydrogen-bond donors (Lipinski definition) is 3. The molecule has 0 fully saturated rings. The van der Waals surface area contributed by atoms with Crippen LogP contribution in [0.25, 0.3) is 11.1 Å². The summed E-state index contributed by atoms with van der Waals surface area (Å²) in [4.78, 5) is 17.6. The van der Waals surface area contributed by atoms with Crippen molar-refractivity contribution in [1.29, 1.82) is 0 Å². The van der Waals surface area contributed by atoms with Crippen LogP contribution in [-0.4, -0.2) is 17.2 Å². The van der Waals surface area contributed by atoms with Crippen LogP contribution in [0.5, 0.6) is 0 Å². The molecule has 0 saturated carbocycles. The Bertz CT molecular complexity index is 1040. The lowest BCUT2D eigenvalue weighted by molar-refractivity contribution is -0.123. The van der Waals surface area contributed by atoms with Gasteiger partial charge in [0.1, 0.15) is 11.0 Å². The minimum absolute atomic E-state index is 0.0542. The van der Waals surface area contributed by atoms with E-state index in [0.717, 1.165) is 16.8 Å². The molecule has 3 aromatic rings. The predicted molar refractivity (Wildman–Crippen MR) is 127 cm³/mol. The zero-order valence-corrected chi connectivity index (χ0v) is 18.9. The zero-order valence-electron chi connectivity index (χ0n) is 18.1. The molecule has 3 N–H and O–H groups in total. The Morgan fingerprint density at radius 1 is 0.774 bits per heavy atom. The van der Waals surface area contributed by atoms with Gasteiger partial charge in [-0.2, -0.15) is 0 Å². The summed E-state index contributed by atoms with van der Waals surface area (Å²) in [7, 11) is 0.169. The predicted octanol–water partition coefficient (Wildman–Crippen LogP) is 5.45. The average Bonchev–Trinajstić information content (AvgIpc) is 2.75. The summed E-state index contributed by atoms with van der Waals surface area (Å²) in [6.07, 6.45) is 0. The molecule has 0 bridgehead atoms. The second-order valence-electron chi connectivity index (χ2n) is 8.06. The van der Waals surface area contributed by atoms with E-state index in [2.05, 4.69) is 15.5 Å². The summed E-state index contributed by atoms with van der Waals surface area (Å²) in [5, 5.41) is 2.87. The summed E-state index contributed by atoms with van der Waals surface area (Å²) in [6.45, 7) is 5.58. The van der Waals surface area contributed by atoms with Crippen molar-refractivity contribution in [3.8, 4) is 11.1 Å². The number of carbonyl (C=O) groups excluding carboxylic acids is 1. The van der Waals surface area contributed by atoms with E-state index in [1.165, 1.54) is 0 Å². The van der Waals surface area contributed by atoms with E-state index in [1.807, 2.05) is 69.3 Å². The summed E-state index contributed by atoms with van der Waals surface area (Å²) < 4.78 is 15.7. The minimum atomic E-state index is -1.40. The van der Waals surface area contributed by atoms with Gasteiger partial charge in [0.2, 0.25) is 5.91 Å². The number of anilines is 3. The second kappa shape index (κ2) is 9.76. The number of benzene rings is 3. The smallest absolute Gasteiger partial charge is 0.229 e. The van der Waals surface area contributed by atoms with Crippen LogP contribution in [0, 0.1) is 5.41 Å². The molecule has 0 aromatic heterocycles. The SMILES string of the molecule is CONc1ccc(-c2ccc(S(=O)Nc3ccc(NC(=O)C(C)(C)C)cc3)cc2)cc1. The molecule has 1 atom stereocenters. The molecule has 0 aliphatic carbocycles. The molecular weight excluding hydrogens is 410 g/mol. The fraction of sp³-hybridized carbons (Fsp3) is 0.208. The highest BCUT2D eigenvalue weighted by Crippen LogP contribution is 2.24. The first-order chi connectivity index (χ1) is 14.8. The van der Waals surface area contributed by atoms with Gasteiger partial charge in [-0.05, 0) is 59.7 Å². The van der Waals surface area contributed by atoms with Crippen LogP contribution in [0.2, 0.25) is 0 Å². The lowest BCUT2D eigenvalue weighted by Crippen LogP contribution is -2.27. The molecule has 6 nitrogen and oxygen atoms in total. The normalized spacial score (nSPS) is 12.1. The molecule has 0 radical (unpaired) electrons. The fourth-order valence-electron chi connectivity index (χ4n) is 2.73. The maximum absolute atomic E-state index is 12.7. The van der Waals surface area contributed by atoms with Crippen LogP contribution in [-0.2, 0) is 20.6 Å². The highest BCUT2D eigenvalue weighted by Gasteiger charge is 2.21. The lowest BCUT2D eigenvalue weighted by Gasteiger charge is -2.17. The number of amides is 1. The van der Waals surface area contributed by atoms with E-state index in [9.17, 15) is 9.00 Å². The van der Waals surface area contributed by atoms with Crippen molar-refractivity contribution >= 4 is 34.0 Å². The van der Waals surface area contributed by atoms with Crippen LogP contribution in [0.1, 0.15) is 20.8 Å². The molecule has 0 spiro atoms. The van der Waals surface area contributed by atoms with Gasteiger partial charge in [0.05, 0.1) is 17.7 Å². The Labute approximate surface area is 185 Å². The maximum Gasteiger partial charge on any atom is 0.229 e. The molecule has 7 heteroatoms. The van der Waals surface area contributed by atoms with E-state index in [4.69, 9.17) is 4.84 Å². The van der Waals surface area contributed by atoms with Gasteiger partial charge in [0, 0.05) is 16.8 Å². The number of hydrogen-bond acceptors (Lipinski definition) is 4. The average molecular weight is 438 g/mol. The molecule has 162 valence electrons. The molecule has 0 saturated heterocycles. The largest absolute Gasteiger partial charge is 0.326 e. The van der Waals surface area contributed by atoms with Gasteiger partial charge in [-0.25, -0.2) is 4.21 Å². The standard InChI is InChI=1S/C24H27N3O3S/c1-24(2,3)23(28)25-19-11-13-21(14-12-19)27-31(29)22-15-7-18(8-16-22)17-5-9-20(10-6-17)26-30-4/h5-16,26-27H,1-4H3,(H,25,28). The van der Waals surface area contributed by atoms with Gasteiger partial charge in [0.25, 0.3) is 0 Å². The summed E-state index contributed by atoms with van der Waals surface area (Å²) in [5.74, 6) is -0.0542. The molecule has 0 aliphatic heterocycles. The quantitative estimate of drug-likeness (QED) is 0.430. The molecule has 3 rings (SSSR count). The van der Waals surface area contributed by atoms with Gasteiger partial charge in [-0.1, -0.05) is 45.0 Å². The highest BCUT2D eigenvalue weighted by atomic mass is 32.2. The van der Waals surface area contributed by atoms with E-state index in [-0.39, 0.29) is 5.91 Å². The van der Waals surface area contributed by atoms with Gasteiger partial charge in [-0.15, -0.1) is 0 Å². The molecule has 31 heavy (non-hydrogen) atoms. The first kappa shape index (κ1) is 22.5. The molecular formula is C24H27N3O3S. The van der Waals surface area contributed by atoms with Gasteiger partial charge in [-0.3, -0.25) is 15.1 Å². The van der Waals surface area contributed by atoms with Crippen molar-refractivity contribution in [3.63, 3.8) is 0 Å². The maximum atomic E-state index is 12.7. The third kappa shape index (κ3) is 6.16. The lowest BCUT2D eigenvalue weighted by atomic mass is 9.95. The number of carbonyl (C=O) groups is 1. The topological polar surface area (TPSA) is 79.5 Å². The van der Waals surface area contributed by atoms with E-state index in [1.54, 1.807) is 31.4 Å². The third-order valence-electron chi connectivity index (χ3n) is 4.54. The Kier molecular flexibility index (Phi) is 7.09. The van der Waals surface area contributed by atoms with Gasteiger partial charge < -0.3 is 10.0 Å². The zero-order chi connectivity index (χ0) is 22.4. The molecule has 3 aromatic carbocycles. The van der Waals surface area contributed by atoms with Gasteiger partial charge in [0.15, 0.2) is 0 Å². The Hall–Kier alpha value is -3.16.